The Hall–Kier alpha value is -3.12. The number of hydrogen-bond donors (Lipinski definition) is 1. The van der Waals surface area contributed by atoms with Crippen LogP contribution in [-0.4, -0.2) is 25.5 Å². The third-order valence-corrected chi connectivity index (χ3v) is 5.65. The van der Waals surface area contributed by atoms with E-state index in [1.807, 2.05) is 29.6 Å². The number of fused-ring (bicyclic) bond motifs is 1. The molecule has 1 aliphatic rings. The first kappa shape index (κ1) is 18.3. The van der Waals surface area contributed by atoms with Gasteiger partial charge in [0.25, 0.3) is 11.8 Å². The number of ether oxygens (including phenoxy) is 1. The van der Waals surface area contributed by atoms with E-state index in [1.165, 1.54) is 11.3 Å². The molecule has 0 fully saturated rings. The standard InChI is InChI=1S/C22H20N2O3S/c1-27-18-7-2-5-15-6-3-13-24(20(15)18)22(26)16-9-11-17(12-10-16)23-21(25)19-8-4-14-28-19/h2,4-5,7-12,14H,3,6,13H2,1H3,(H,23,25). The number of carbonyl (C=O) groups is 2. The van der Waals surface area contributed by atoms with E-state index in [1.54, 1.807) is 42.3 Å². The van der Waals surface area contributed by atoms with Crippen molar-refractivity contribution in [2.45, 2.75) is 12.8 Å². The Morgan fingerprint density at radius 1 is 1.07 bits per heavy atom. The van der Waals surface area contributed by atoms with Crippen molar-refractivity contribution in [3.8, 4) is 5.75 Å². The molecule has 142 valence electrons. The highest BCUT2D eigenvalue weighted by atomic mass is 32.1. The summed E-state index contributed by atoms with van der Waals surface area (Å²) in [6.07, 6.45) is 1.85. The highest BCUT2D eigenvalue weighted by Crippen LogP contribution is 2.37. The topological polar surface area (TPSA) is 58.6 Å². The molecule has 6 heteroatoms. The Bertz CT molecular complexity index is 983. The maximum atomic E-state index is 13.1. The molecule has 2 amide bonds. The summed E-state index contributed by atoms with van der Waals surface area (Å²) in [5, 5.41) is 4.71. The number of para-hydroxylation sites is 1. The molecule has 0 bridgehead atoms. The summed E-state index contributed by atoms with van der Waals surface area (Å²) in [5.74, 6) is 0.496. The number of benzene rings is 2. The number of nitrogens with one attached hydrogen (secondary N) is 1. The summed E-state index contributed by atoms with van der Waals surface area (Å²) in [6, 6.07) is 16.5. The van der Waals surface area contributed by atoms with Gasteiger partial charge in [0, 0.05) is 17.8 Å². The highest BCUT2D eigenvalue weighted by molar-refractivity contribution is 7.12. The lowest BCUT2D eigenvalue weighted by molar-refractivity contribution is 0.0983. The van der Waals surface area contributed by atoms with Crippen molar-refractivity contribution in [1.29, 1.82) is 0 Å². The number of rotatable bonds is 4. The lowest BCUT2D eigenvalue weighted by Crippen LogP contribution is -2.35. The van der Waals surface area contributed by atoms with Crippen molar-refractivity contribution in [2.75, 3.05) is 23.9 Å². The lowest BCUT2D eigenvalue weighted by atomic mass is 10.00. The van der Waals surface area contributed by atoms with Crippen LogP contribution in [0.3, 0.4) is 0 Å². The normalized spacial score (nSPS) is 13.0. The van der Waals surface area contributed by atoms with E-state index >= 15 is 0 Å². The van der Waals surface area contributed by atoms with Crippen LogP contribution in [-0.2, 0) is 6.42 Å². The molecule has 1 N–H and O–H groups in total. The zero-order valence-electron chi connectivity index (χ0n) is 15.5. The number of anilines is 2. The third-order valence-electron chi connectivity index (χ3n) is 4.78. The first-order valence-electron chi connectivity index (χ1n) is 9.10. The molecule has 0 spiro atoms. The molecule has 2 aromatic carbocycles. The van der Waals surface area contributed by atoms with Gasteiger partial charge in [-0.1, -0.05) is 18.2 Å². The monoisotopic (exact) mass is 392 g/mol. The molecule has 1 aromatic heterocycles. The van der Waals surface area contributed by atoms with Crippen molar-refractivity contribution >= 4 is 34.5 Å². The van der Waals surface area contributed by atoms with Gasteiger partial charge in [-0.25, -0.2) is 0 Å². The van der Waals surface area contributed by atoms with Crippen LogP contribution in [0.2, 0.25) is 0 Å². The molecular formula is C22H20N2O3S. The fraction of sp³-hybridized carbons (Fsp3) is 0.182. The zero-order chi connectivity index (χ0) is 19.5. The maximum absolute atomic E-state index is 13.1. The lowest BCUT2D eigenvalue weighted by Gasteiger charge is -2.31. The van der Waals surface area contributed by atoms with Crippen molar-refractivity contribution < 1.29 is 14.3 Å². The van der Waals surface area contributed by atoms with Gasteiger partial charge in [0.1, 0.15) is 5.75 Å². The van der Waals surface area contributed by atoms with Gasteiger partial charge in [0.15, 0.2) is 0 Å². The Labute approximate surface area is 167 Å². The molecule has 0 saturated carbocycles. The van der Waals surface area contributed by atoms with Crippen molar-refractivity contribution in [2.24, 2.45) is 0 Å². The molecule has 0 radical (unpaired) electrons. The van der Waals surface area contributed by atoms with Crippen LogP contribution in [0.5, 0.6) is 5.75 Å². The number of aryl methyl sites for hydroxylation is 1. The van der Waals surface area contributed by atoms with E-state index in [9.17, 15) is 9.59 Å². The van der Waals surface area contributed by atoms with E-state index in [4.69, 9.17) is 4.74 Å². The predicted molar refractivity (Wildman–Crippen MR) is 112 cm³/mol. The van der Waals surface area contributed by atoms with E-state index in [0.717, 1.165) is 24.1 Å². The highest BCUT2D eigenvalue weighted by Gasteiger charge is 2.26. The van der Waals surface area contributed by atoms with Crippen molar-refractivity contribution in [3.63, 3.8) is 0 Å². The number of carbonyl (C=O) groups excluding carboxylic acids is 2. The zero-order valence-corrected chi connectivity index (χ0v) is 16.3. The van der Waals surface area contributed by atoms with Crippen LogP contribution in [0, 0.1) is 0 Å². The maximum Gasteiger partial charge on any atom is 0.265 e. The average molecular weight is 392 g/mol. The van der Waals surface area contributed by atoms with Crippen molar-refractivity contribution in [1.82, 2.24) is 0 Å². The fourth-order valence-corrected chi connectivity index (χ4v) is 4.05. The van der Waals surface area contributed by atoms with Crippen LogP contribution in [0.4, 0.5) is 11.4 Å². The minimum absolute atomic E-state index is 0.0680. The van der Waals surface area contributed by atoms with Crippen LogP contribution in [0.15, 0.2) is 60.0 Å². The van der Waals surface area contributed by atoms with Crippen LogP contribution < -0.4 is 15.0 Å². The van der Waals surface area contributed by atoms with Gasteiger partial charge in [0.05, 0.1) is 17.7 Å². The molecule has 0 saturated heterocycles. The largest absolute Gasteiger partial charge is 0.495 e. The van der Waals surface area contributed by atoms with Gasteiger partial charge < -0.3 is 15.0 Å². The summed E-state index contributed by atoms with van der Waals surface area (Å²) >= 11 is 1.39. The smallest absolute Gasteiger partial charge is 0.265 e. The molecule has 0 unspecified atom stereocenters. The summed E-state index contributed by atoms with van der Waals surface area (Å²) in [4.78, 5) is 27.7. The summed E-state index contributed by atoms with van der Waals surface area (Å²) in [6.45, 7) is 0.656. The molecule has 5 nitrogen and oxygen atoms in total. The molecule has 0 aliphatic carbocycles. The van der Waals surface area contributed by atoms with E-state index in [0.29, 0.717) is 28.4 Å². The summed E-state index contributed by atoms with van der Waals surface area (Å²) < 4.78 is 5.49. The number of nitrogens with zero attached hydrogens (tertiary/aromatic N) is 1. The van der Waals surface area contributed by atoms with Gasteiger partial charge in [-0.05, 0) is 60.2 Å². The van der Waals surface area contributed by atoms with Gasteiger partial charge in [-0.2, -0.15) is 0 Å². The Balaban J connectivity index is 1.54. The first-order chi connectivity index (χ1) is 13.7. The second-order valence-electron chi connectivity index (χ2n) is 6.54. The van der Waals surface area contributed by atoms with Crippen LogP contribution >= 0.6 is 11.3 Å². The first-order valence-corrected chi connectivity index (χ1v) is 9.98. The fourth-order valence-electron chi connectivity index (χ4n) is 3.44. The van der Waals surface area contributed by atoms with Crippen molar-refractivity contribution in [3.05, 3.63) is 76.0 Å². The second-order valence-corrected chi connectivity index (χ2v) is 7.48. The molecule has 28 heavy (non-hydrogen) atoms. The van der Waals surface area contributed by atoms with Gasteiger partial charge >= 0.3 is 0 Å². The van der Waals surface area contributed by atoms with Gasteiger partial charge in [-0.3, -0.25) is 9.59 Å². The number of amides is 2. The molecule has 3 aromatic rings. The molecular weight excluding hydrogens is 372 g/mol. The average Bonchev–Trinajstić information content (AvgIpc) is 3.28. The number of thiophene rings is 1. The Kier molecular flexibility index (Phi) is 5.12. The van der Waals surface area contributed by atoms with E-state index in [2.05, 4.69) is 5.32 Å². The van der Waals surface area contributed by atoms with Gasteiger partial charge in [-0.15, -0.1) is 11.3 Å². The van der Waals surface area contributed by atoms with Crippen LogP contribution in [0.25, 0.3) is 0 Å². The van der Waals surface area contributed by atoms with Gasteiger partial charge in [0.2, 0.25) is 0 Å². The SMILES string of the molecule is COc1cccc2c1N(C(=O)c1ccc(NC(=O)c3cccs3)cc1)CCC2. The quantitative estimate of drug-likeness (QED) is 0.706. The Morgan fingerprint density at radius 2 is 1.89 bits per heavy atom. The summed E-state index contributed by atoms with van der Waals surface area (Å²) in [7, 11) is 1.62. The second kappa shape index (κ2) is 7.86. The summed E-state index contributed by atoms with van der Waals surface area (Å²) in [5.41, 5.74) is 3.22. The molecule has 4 rings (SSSR count). The minimum Gasteiger partial charge on any atom is -0.495 e. The molecule has 2 heterocycles. The third kappa shape index (κ3) is 3.51. The van der Waals surface area contributed by atoms with E-state index in [-0.39, 0.29) is 11.8 Å². The molecule has 0 atom stereocenters. The minimum atomic E-state index is -0.149. The van der Waals surface area contributed by atoms with Crippen LogP contribution in [0.1, 0.15) is 32.0 Å². The Morgan fingerprint density at radius 3 is 2.61 bits per heavy atom. The predicted octanol–water partition coefficient (Wildman–Crippen LogP) is 4.60. The molecule has 1 aliphatic heterocycles. The van der Waals surface area contributed by atoms with E-state index < -0.39 is 0 Å². The number of hydrogen-bond acceptors (Lipinski definition) is 4. The number of methoxy groups -OCH3 is 1.